The highest BCUT2D eigenvalue weighted by atomic mass is 16.4. The van der Waals surface area contributed by atoms with Crippen LogP contribution in [0, 0.1) is 12.3 Å². The summed E-state index contributed by atoms with van der Waals surface area (Å²) in [5, 5.41) is 47.2. The maximum Gasteiger partial charge on any atom is 0.252 e. The fourth-order valence-corrected chi connectivity index (χ4v) is 0.920. The molecule has 0 aromatic heterocycles. The number of aliphatic hydroxyl groups is 5. The van der Waals surface area contributed by atoms with E-state index in [0.29, 0.717) is 0 Å². The average molecular weight is 233 g/mol. The van der Waals surface area contributed by atoms with E-state index in [4.69, 9.17) is 16.6 Å². The van der Waals surface area contributed by atoms with E-state index >= 15 is 0 Å². The highest BCUT2D eigenvalue weighted by Gasteiger charge is 2.33. The molecule has 0 spiro atoms. The minimum absolute atomic E-state index is 0.138. The second-order valence-electron chi connectivity index (χ2n) is 3.10. The molecule has 7 heteroatoms. The molecule has 0 aliphatic carbocycles. The number of hydrogen-bond acceptors (Lipinski definition) is 6. The third kappa shape index (κ3) is 4.14. The van der Waals surface area contributed by atoms with Gasteiger partial charge in [-0.3, -0.25) is 4.79 Å². The smallest absolute Gasteiger partial charge is 0.252 e. The number of rotatable bonds is 6. The van der Waals surface area contributed by atoms with Gasteiger partial charge in [-0.15, -0.1) is 6.42 Å². The Labute approximate surface area is 92.3 Å². The Bertz CT molecular complexity index is 263. The number of hydrogen-bond donors (Lipinski definition) is 6. The summed E-state index contributed by atoms with van der Waals surface area (Å²) in [6.45, 7) is -0.946. The van der Waals surface area contributed by atoms with Crippen LogP contribution in [0.1, 0.15) is 0 Å². The van der Waals surface area contributed by atoms with Crippen molar-refractivity contribution in [2.24, 2.45) is 0 Å². The van der Waals surface area contributed by atoms with Crippen molar-refractivity contribution in [1.29, 1.82) is 0 Å². The maximum absolute atomic E-state index is 11.1. The van der Waals surface area contributed by atoms with Gasteiger partial charge in [-0.05, 0) is 0 Å². The van der Waals surface area contributed by atoms with Crippen molar-refractivity contribution in [2.75, 3.05) is 13.2 Å². The van der Waals surface area contributed by atoms with Crippen LogP contribution in [0.15, 0.2) is 0 Å². The lowest BCUT2D eigenvalue weighted by atomic mass is 10.0. The molecule has 16 heavy (non-hydrogen) atoms. The predicted octanol–water partition coefficient (Wildman–Crippen LogP) is -3.83. The molecule has 0 rings (SSSR count). The molecule has 0 aromatic rings. The summed E-state index contributed by atoms with van der Waals surface area (Å²) in [5.74, 6) is 1.10. The summed E-state index contributed by atoms with van der Waals surface area (Å²) in [5.41, 5.74) is 0. The molecule has 0 radical (unpaired) electrons. The second-order valence-corrected chi connectivity index (χ2v) is 3.10. The third-order valence-electron chi connectivity index (χ3n) is 1.89. The van der Waals surface area contributed by atoms with E-state index in [0.717, 1.165) is 0 Å². The van der Waals surface area contributed by atoms with Crippen molar-refractivity contribution < 1.29 is 30.3 Å². The zero-order valence-electron chi connectivity index (χ0n) is 8.45. The highest BCUT2D eigenvalue weighted by molar-refractivity contribution is 5.81. The summed E-state index contributed by atoms with van der Waals surface area (Å²) < 4.78 is 0. The first-order valence-corrected chi connectivity index (χ1v) is 4.50. The summed E-state index contributed by atoms with van der Waals surface area (Å²) >= 11 is 0. The van der Waals surface area contributed by atoms with Crippen LogP contribution in [0.3, 0.4) is 0 Å². The van der Waals surface area contributed by atoms with Crippen LogP contribution < -0.4 is 5.32 Å². The number of carbonyl (C=O) groups excluding carboxylic acids is 1. The molecule has 6 N–H and O–H groups in total. The fourth-order valence-electron chi connectivity index (χ4n) is 0.920. The topological polar surface area (TPSA) is 130 Å². The van der Waals surface area contributed by atoms with Crippen LogP contribution in [0.25, 0.3) is 0 Å². The number of nitrogens with one attached hydrogen (secondary N) is 1. The van der Waals surface area contributed by atoms with E-state index in [1.165, 1.54) is 0 Å². The molecular weight excluding hydrogens is 218 g/mol. The molecule has 0 unspecified atom stereocenters. The lowest BCUT2D eigenvalue weighted by molar-refractivity contribution is -0.148. The van der Waals surface area contributed by atoms with E-state index in [1.807, 2.05) is 0 Å². The molecule has 0 heterocycles. The average Bonchev–Trinajstić information content (AvgIpc) is 2.31. The normalized spacial score (nSPS) is 18.0. The predicted molar refractivity (Wildman–Crippen MR) is 53.0 cm³/mol. The Balaban J connectivity index is 4.31. The summed E-state index contributed by atoms with van der Waals surface area (Å²) in [6.07, 6.45) is -2.49. The van der Waals surface area contributed by atoms with Gasteiger partial charge in [-0.1, -0.05) is 5.92 Å². The van der Waals surface area contributed by atoms with Crippen LogP contribution in [0.5, 0.6) is 0 Å². The molecule has 0 bridgehead atoms. The lowest BCUT2D eigenvalue weighted by Crippen LogP contribution is -2.51. The van der Waals surface area contributed by atoms with Crippen molar-refractivity contribution in [3.63, 3.8) is 0 Å². The van der Waals surface area contributed by atoms with Gasteiger partial charge in [0.1, 0.15) is 18.3 Å². The molecule has 0 saturated heterocycles. The van der Waals surface area contributed by atoms with Crippen LogP contribution in [-0.4, -0.2) is 69.0 Å². The van der Waals surface area contributed by atoms with Gasteiger partial charge in [0.05, 0.1) is 13.2 Å². The molecule has 0 aromatic carbocycles. The maximum atomic E-state index is 11.1. The fraction of sp³-hybridized carbons (Fsp3) is 0.667. The minimum Gasteiger partial charge on any atom is -0.394 e. The van der Waals surface area contributed by atoms with Gasteiger partial charge in [-0.2, -0.15) is 0 Å². The summed E-state index contributed by atoms with van der Waals surface area (Å²) in [6, 6.07) is 0. The highest BCUT2D eigenvalue weighted by Crippen LogP contribution is 2.05. The zero-order chi connectivity index (χ0) is 12.7. The van der Waals surface area contributed by atoms with Gasteiger partial charge in [0.25, 0.3) is 5.91 Å². The summed E-state index contributed by atoms with van der Waals surface area (Å²) in [7, 11) is 0. The van der Waals surface area contributed by atoms with Crippen LogP contribution in [0.2, 0.25) is 0 Å². The van der Waals surface area contributed by atoms with Crippen molar-refractivity contribution in [2.45, 2.75) is 24.4 Å². The Hall–Kier alpha value is -1.17. The Morgan fingerprint density at radius 1 is 1.25 bits per heavy atom. The summed E-state index contributed by atoms with van der Waals surface area (Å²) in [4.78, 5) is 11.1. The van der Waals surface area contributed by atoms with Crippen molar-refractivity contribution in [3.05, 3.63) is 0 Å². The second kappa shape index (κ2) is 7.16. The molecule has 0 saturated carbocycles. The van der Waals surface area contributed by atoms with E-state index in [-0.39, 0.29) is 6.54 Å². The monoisotopic (exact) mass is 233 g/mol. The van der Waals surface area contributed by atoms with Gasteiger partial charge in [0.2, 0.25) is 0 Å². The van der Waals surface area contributed by atoms with Crippen LogP contribution >= 0.6 is 0 Å². The third-order valence-corrected chi connectivity index (χ3v) is 1.89. The van der Waals surface area contributed by atoms with E-state index in [1.54, 1.807) is 0 Å². The first-order valence-electron chi connectivity index (χ1n) is 4.50. The van der Waals surface area contributed by atoms with Crippen LogP contribution in [-0.2, 0) is 4.79 Å². The number of aliphatic hydroxyl groups excluding tert-OH is 5. The van der Waals surface area contributed by atoms with Crippen molar-refractivity contribution in [1.82, 2.24) is 5.32 Å². The number of terminal acetylenes is 1. The molecule has 0 fully saturated rings. The van der Waals surface area contributed by atoms with Gasteiger partial charge in [0.15, 0.2) is 6.10 Å². The van der Waals surface area contributed by atoms with Gasteiger partial charge in [0, 0.05) is 0 Å². The Kier molecular flexibility index (Phi) is 6.64. The van der Waals surface area contributed by atoms with Crippen LogP contribution in [0.4, 0.5) is 0 Å². The quantitative estimate of drug-likeness (QED) is 0.261. The first-order chi connectivity index (χ1) is 7.45. The van der Waals surface area contributed by atoms with E-state index in [2.05, 4.69) is 11.2 Å². The largest absolute Gasteiger partial charge is 0.394 e. The standard InChI is InChI=1S/C9H15NO6/c1-2-3-10-9(16)8(15)7(14)6(13)5(12)4-11/h1,5-8,11-15H,3-4H2,(H,10,16)/t5-,6-,7+,8-/m1/s1. The van der Waals surface area contributed by atoms with Gasteiger partial charge >= 0.3 is 0 Å². The van der Waals surface area contributed by atoms with Crippen molar-refractivity contribution >= 4 is 5.91 Å². The zero-order valence-corrected chi connectivity index (χ0v) is 8.45. The number of carbonyl (C=O) groups is 1. The van der Waals surface area contributed by atoms with E-state index < -0.39 is 36.9 Å². The first kappa shape index (κ1) is 14.8. The molecule has 7 nitrogen and oxygen atoms in total. The Morgan fingerprint density at radius 3 is 2.25 bits per heavy atom. The molecule has 4 atom stereocenters. The molecule has 0 aliphatic heterocycles. The Morgan fingerprint density at radius 2 is 1.81 bits per heavy atom. The molecular formula is C9H15NO6. The lowest BCUT2D eigenvalue weighted by Gasteiger charge is -2.24. The number of amides is 1. The molecule has 0 aliphatic rings. The minimum atomic E-state index is -1.94. The molecule has 92 valence electrons. The van der Waals surface area contributed by atoms with Crippen molar-refractivity contribution in [3.8, 4) is 12.3 Å². The SMILES string of the molecule is C#CCNC(=O)[C@H](O)[C@@H](O)[C@H](O)[C@H](O)CO. The van der Waals surface area contributed by atoms with Gasteiger partial charge in [-0.25, -0.2) is 0 Å². The van der Waals surface area contributed by atoms with E-state index in [9.17, 15) is 20.1 Å². The molecule has 1 amide bonds. The van der Waals surface area contributed by atoms with Gasteiger partial charge < -0.3 is 30.8 Å².